The highest BCUT2D eigenvalue weighted by molar-refractivity contribution is 6.30. The molecular weight excluding hydrogens is 527 g/mol. The summed E-state index contributed by atoms with van der Waals surface area (Å²) in [6, 6.07) is 16.8. The first-order valence-electron chi connectivity index (χ1n) is 11.2. The van der Waals surface area contributed by atoms with Crippen molar-refractivity contribution in [3.63, 3.8) is 0 Å². The lowest BCUT2D eigenvalue weighted by Crippen LogP contribution is -2.51. The van der Waals surface area contributed by atoms with Crippen molar-refractivity contribution in [1.29, 1.82) is 0 Å². The van der Waals surface area contributed by atoms with Crippen LogP contribution < -0.4 is 10.2 Å². The Morgan fingerprint density at radius 1 is 1.08 bits per heavy atom. The lowest BCUT2D eigenvalue weighted by Gasteiger charge is -2.36. The molecule has 13 heteroatoms. The van der Waals surface area contributed by atoms with Crippen molar-refractivity contribution in [2.24, 2.45) is 0 Å². The molecule has 0 aliphatic carbocycles. The number of hydrogen-bond acceptors (Lipinski definition) is 6. The van der Waals surface area contributed by atoms with E-state index in [9.17, 15) is 23.1 Å². The summed E-state index contributed by atoms with van der Waals surface area (Å²) in [5, 5.41) is 21.0. The maximum Gasteiger partial charge on any atom is 0.490 e. The van der Waals surface area contributed by atoms with E-state index in [0.717, 1.165) is 22.4 Å². The van der Waals surface area contributed by atoms with Gasteiger partial charge in [-0.1, -0.05) is 23.7 Å². The first kappa shape index (κ1) is 26.9. The van der Waals surface area contributed by atoms with Crippen LogP contribution in [0.4, 0.5) is 24.7 Å². The van der Waals surface area contributed by atoms with Crippen molar-refractivity contribution in [2.75, 3.05) is 23.3 Å². The number of aromatic nitrogens is 3. The molecule has 0 saturated carbocycles. The van der Waals surface area contributed by atoms with Crippen LogP contribution in [-0.2, 0) is 11.3 Å². The Labute approximate surface area is 219 Å². The van der Waals surface area contributed by atoms with E-state index >= 15 is 0 Å². The number of carbonyl (C=O) groups is 2. The van der Waals surface area contributed by atoms with Gasteiger partial charge in [-0.3, -0.25) is 4.79 Å². The summed E-state index contributed by atoms with van der Waals surface area (Å²) in [5.41, 5.74) is 2.82. The average Bonchev–Trinajstić information content (AvgIpc) is 3.21. The SMILES string of the molecule is O=C(Nc1ccc(N2CC(O)C2)nc1)c1cc2cccnc2n1Cc1cccc(Cl)c1.O=C(O)C(F)(F)F. The molecule has 4 aromatic rings. The lowest BCUT2D eigenvalue weighted by molar-refractivity contribution is -0.192. The number of carboxylic acids is 1. The molecule has 0 radical (unpaired) electrons. The summed E-state index contributed by atoms with van der Waals surface area (Å²) in [5.74, 6) is -2.22. The summed E-state index contributed by atoms with van der Waals surface area (Å²) >= 11 is 6.14. The maximum absolute atomic E-state index is 13.1. The van der Waals surface area contributed by atoms with E-state index in [4.69, 9.17) is 21.5 Å². The van der Waals surface area contributed by atoms with Gasteiger partial charge >= 0.3 is 12.1 Å². The van der Waals surface area contributed by atoms with Crippen molar-refractivity contribution in [2.45, 2.75) is 18.8 Å². The first-order chi connectivity index (χ1) is 18.0. The molecule has 3 aromatic heterocycles. The van der Waals surface area contributed by atoms with Gasteiger partial charge < -0.3 is 25.0 Å². The van der Waals surface area contributed by atoms with E-state index in [0.29, 0.717) is 36.0 Å². The van der Waals surface area contributed by atoms with Crippen molar-refractivity contribution in [3.8, 4) is 0 Å². The molecular formula is C25H21ClF3N5O4. The van der Waals surface area contributed by atoms with Crippen molar-refractivity contribution >= 4 is 46.0 Å². The number of amides is 1. The molecule has 0 bridgehead atoms. The number of nitrogens with zero attached hydrogens (tertiary/aromatic N) is 4. The fourth-order valence-electron chi connectivity index (χ4n) is 3.74. The molecule has 38 heavy (non-hydrogen) atoms. The second-order valence-corrected chi connectivity index (χ2v) is 8.82. The Hall–Kier alpha value is -4.16. The van der Waals surface area contributed by atoms with Crippen LogP contribution in [0.25, 0.3) is 11.0 Å². The van der Waals surface area contributed by atoms with Crippen molar-refractivity contribution in [1.82, 2.24) is 14.5 Å². The number of fused-ring (bicyclic) bond motifs is 1. The first-order valence-corrected chi connectivity index (χ1v) is 11.6. The smallest absolute Gasteiger partial charge is 0.475 e. The van der Waals surface area contributed by atoms with E-state index in [2.05, 4.69) is 15.3 Å². The fraction of sp³-hybridized carbons (Fsp3) is 0.200. The number of alkyl halides is 3. The zero-order valence-electron chi connectivity index (χ0n) is 19.6. The van der Waals surface area contributed by atoms with E-state index in [1.807, 2.05) is 64.1 Å². The number of hydrogen-bond donors (Lipinski definition) is 3. The normalized spacial score (nSPS) is 13.4. The minimum absolute atomic E-state index is 0.242. The summed E-state index contributed by atoms with van der Waals surface area (Å²) in [7, 11) is 0. The number of aliphatic hydroxyl groups is 1. The van der Waals surface area contributed by atoms with Gasteiger partial charge in [0.25, 0.3) is 5.91 Å². The molecule has 9 nitrogen and oxygen atoms in total. The summed E-state index contributed by atoms with van der Waals surface area (Å²) < 4.78 is 33.6. The molecule has 5 rings (SSSR count). The Bertz CT molecular complexity index is 1450. The quantitative estimate of drug-likeness (QED) is 0.342. The molecule has 0 atom stereocenters. The second kappa shape index (κ2) is 11.1. The van der Waals surface area contributed by atoms with Crippen LogP contribution >= 0.6 is 11.6 Å². The Morgan fingerprint density at radius 2 is 1.82 bits per heavy atom. The minimum atomic E-state index is -5.08. The molecule has 1 saturated heterocycles. The molecule has 1 aliphatic rings. The summed E-state index contributed by atoms with van der Waals surface area (Å²) in [6.07, 6.45) is -2.04. The van der Waals surface area contributed by atoms with Crippen LogP contribution in [0.2, 0.25) is 5.02 Å². The number of aliphatic carboxylic acids is 1. The highest BCUT2D eigenvalue weighted by Gasteiger charge is 2.38. The Morgan fingerprint density at radius 3 is 2.42 bits per heavy atom. The second-order valence-electron chi connectivity index (χ2n) is 8.38. The number of nitrogens with one attached hydrogen (secondary N) is 1. The molecule has 1 fully saturated rings. The van der Waals surface area contributed by atoms with Crippen LogP contribution in [0.1, 0.15) is 16.1 Å². The maximum atomic E-state index is 13.1. The predicted octanol–water partition coefficient (Wildman–Crippen LogP) is 4.20. The van der Waals surface area contributed by atoms with Crippen LogP contribution in [-0.4, -0.2) is 62.0 Å². The summed E-state index contributed by atoms with van der Waals surface area (Å²) in [6.45, 7) is 1.63. The standard InChI is InChI=1S/C23H20ClN5O2.C2HF3O2/c24-17-5-1-3-15(9-17)12-29-20(10-16-4-2-8-25-22(16)29)23(31)27-18-6-7-21(26-11-18)28-13-19(30)14-28;3-2(4,5)1(6)7/h1-11,19,30H,12-14H2,(H,27,31);(H,6,7). The fourth-order valence-corrected chi connectivity index (χ4v) is 3.95. The molecule has 198 valence electrons. The number of carboxylic acid groups (broad SMARTS) is 1. The third-order valence-corrected chi connectivity index (χ3v) is 5.79. The summed E-state index contributed by atoms with van der Waals surface area (Å²) in [4.78, 5) is 32.9. The number of anilines is 2. The topological polar surface area (TPSA) is 121 Å². The van der Waals surface area contributed by atoms with Gasteiger partial charge in [0.05, 0.1) is 18.0 Å². The Kier molecular flexibility index (Phi) is 7.83. The monoisotopic (exact) mass is 547 g/mol. The van der Waals surface area contributed by atoms with Gasteiger partial charge in [0.1, 0.15) is 17.2 Å². The highest BCUT2D eigenvalue weighted by atomic mass is 35.5. The van der Waals surface area contributed by atoms with Crippen LogP contribution in [0.3, 0.4) is 0 Å². The van der Waals surface area contributed by atoms with Crippen molar-refractivity contribution < 1.29 is 33.0 Å². The lowest BCUT2D eigenvalue weighted by atomic mass is 10.2. The molecule has 3 N–H and O–H groups in total. The molecule has 4 heterocycles. The average molecular weight is 548 g/mol. The molecule has 1 amide bonds. The number of halogens is 4. The number of rotatable bonds is 5. The van der Waals surface area contributed by atoms with Gasteiger partial charge in [0, 0.05) is 36.2 Å². The van der Waals surface area contributed by atoms with Gasteiger partial charge in [-0.15, -0.1) is 0 Å². The van der Waals surface area contributed by atoms with E-state index in [1.165, 1.54) is 0 Å². The third kappa shape index (κ3) is 6.39. The molecule has 0 unspecified atom stereocenters. The molecule has 1 aliphatic heterocycles. The van der Waals surface area contributed by atoms with Gasteiger partial charge in [0.15, 0.2) is 0 Å². The largest absolute Gasteiger partial charge is 0.490 e. The number of pyridine rings is 2. The molecule has 0 spiro atoms. The number of carbonyl (C=O) groups excluding carboxylic acids is 1. The minimum Gasteiger partial charge on any atom is -0.475 e. The zero-order chi connectivity index (χ0) is 27.4. The molecule has 1 aromatic carbocycles. The Balaban J connectivity index is 0.000000426. The van der Waals surface area contributed by atoms with E-state index in [-0.39, 0.29) is 12.0 Å². The van der Waals surface area contributed by atoms with Crippen LogP contribution in [0.5, 0.6) is 0 Å². The van der Waals surface area contributed by atoms with Gasteiger partial charge in [-0.2, -0.15) is 13.2 Å². The van der Waals surface area contributed by atoms with Gasteiger partial charge in [-0.25, -0.2) is 14.8 Å². The van der Waals surface area contributed by atoms with Gasteiger partial charge in [-0.05, 0) is 48.0 Å². The van der Waals surface area contributed by atoms with E-state index < -0.39 is 12.1 Å². The predicted molar refractivity (Wildman–Crippen MR) is 134 cm³/mol. The zero-order valence-corrected chi connectivity index (χ0v) is 20.3. The highest BCUT2D eigenvalue weighted by Crippen LogP contribution is 2.23. The number of β-amino-alcohol motifs (C(OH)–C–C–N with tert-alkyl or cyclic N) is 1. The van der Waals surface area contributed by atoms with E-state index in [1.54, 1.807) is 12.4 Å². The van der Waals surface area contributed by atoms with Gasteiger partial charge in [0.2, 0.25) is 0 Å². The third-order valence-electron chi connectivity index (χ3n) is 5.55. The number of benzene rings is 1. The van der Waals surface area contributed by atoms with Crippen molar-refractivity contribution in [3.05, 3.63) is 83.3 Å². The van der Waals surface area contributed by atoms with Crippen LogP contribution in [0.15, 0.2) is 67.0 Å². The van der Waals surface area contributed by atoms with Crippen LogP contribution in [0, 0.1) is 0 Å². The number of aliphatic hydroxyl groups excluding tert-OH is 1.